The molecule has 3 rings (SSSR count). The van der Waals surface area contributed by atoms with Gasteiger partial charge >= 0.3 is 0 Å². The number of halogens is 1. The Morgan fingerprint density at radius 1 is 1.17 bits per heavy atom. The Bertz CT molecular complexity index is 955. The molecule has 1 unspecified atom stereocenters. The number of nitrogens with one attached hydrogen (secondary N) is 1. The van der Waals surface area contributed by atoms with Crippen molar-refractivity contribution in [1.82, 2.24) is 10.3 Å². The molecule has 0 bridgehead atoms. The van der Waals surface area contributed by atoms with Gasteiger partial charge in [0.1, 0.15) is 0 Å². The monoisotopic (exact) mass is 427 g/mol. The zero-order valence-corrected chi connectivity index (χ0v) is 18.6. The molecule has 0 fully saturated rings. The molecule has 2 aromatic carbocycles. The first-order chi connectivity index (χ1) is 14.0. The molecule has 1 aromatic heterocycles. The highest BCUT2D eigenvalue weighted by atomic mass is 35.5. The zero-order valence-electron chi connectivity index (χ0n) is 17.0. The van der Waals surface area contributed by atoms with Crippen molar-refractivity contribution >= 4 is 39.7 Å². The zero-order chi connectivity index (χ0) is 20.8. The number of aromatic nitrogens is 1. The molecule has 1 atom stereocenters. The molecule has 0 spiro atoms. The largest absolute Gasteiger partial charge is 0.304 e. The highest BCUT2D eigenvalue weighted by Gasteiger charge is 2.20. The first kappa shape index (κ1) is 21.5. The van der Waals surface area contributed by atoms with Crippen LogP contribution in [0.25, 0.3) is 0 Å². The third-order valence-electron chi connectivity index (χ3n) is 4.87. The van der Waals surface area contributed by atoms with Gasteiger partial charge in [-0.1, -0.05) is 55.8 Å². The van der Waals surface area contributed by atoms with Crippen molar-refractivity contribution in [1.29, 1.82) is 0 Å². The average molecular weight is 428 g/mol. The molecule has 6 heteroatoms. The van der Waals surface area contributed by atoms with Gasteiger partial charge in [0.2, 0.25) is 5.91 Å². The van der Waals surface area contributed by atoms with Crippen LogP contribution in [0.4, 0.5) is 10.8 Å². The third-order valence-corrected chi connectivity index (χ3v) is 6.00. The van der Waals surface area contributed by atoms with E-state index in [0.717, 1.165) is 34.8 Å². The Hall–Kier alpha value is -2.21. The number of anilines is 2. The van der Waals surface area contributed by atoms with E-state index in [-0.39, 0.29) is 11.9 Å². The molecule has 1 heterocycles. The SMILES string of the molecule is CCc1ccccc1N(C(C)=O)c1nc(CNC(CC)c2ccc(Cl)cc2)cs1. The van der Waals surface area contributed by atoms with Crippen LogP contribution in [0.3, 0.4) is 0 Å². The molecule has 1 amide bonds. The first-order valence-corrected chi connectivity index (χ1v) is 11.1. The van der Waals surface area contributed by atoms with Crippen LogP contribution in [0, 0.1) is 0 Å². The molecule has 0 aliphatic heterocycles. The second kappa shape index (κ2) is 10.0. The van der Waals surface area contributed by atoms with Crippen LogP contribution in [0.15, 0.2) is 53.9 Å². The van der Waals surface area contributed by atoms with E-state index in [0.29, 0.717) is 11.7 Å². The van der Waals surface area contributed by atoms with Gasteiger partial charge in [-0.3, -0.25) is 9.69 Å². The highest BCUT2D eigenvalue weighted by Crippen LogP contribution is 2.32. The molecule has 1 N–H and O–H groups in total. The smallest absolute Gasteiger partial charge is 0.230 e. The van der Waals surface area contributed by atoms with E-state index in [2.05, 4.69) is 37.4 Å². The number of hydrogen-bond acceptors (Lipinski definition) is 4. The van der Waals surface area contributed by atoms with Crippen LogP contribution in [0.5, 0.6) is 0 Å². The summed E-state index contributed by atoms with van der Waals surface area (Å²) in [7, 11) is 0. The summed E-state index contributed by atoms with van der Waals surface area (Å²) in [5.74, 6) is -0.0349. The predicted octanol–water partition coefficient (Wildman–Crippen LogP) is 6.28. The minimum absolute atomic E-state index is 0.0349. The van der Waals surface area contributed by atoms with Gasteiger partial charge in [-0.25, -0.2) is 4.98 Å². The fraction of sp³-hybridized carbons (Fsp3) is 0.304. The van der Waals surface area contributed by atoms with Gasteiger partial charge in [0.05, 0.1) is 11.4 Å². The molecule has 0 saturated carbocycles. The van der Waals surface area contributed by atoms with Gasteiger partial charge in [0, 0.05) is 29.9 Å². The fourth-order valence-electron chi connectivity index (χ4n) is 3.34. The van der Waals surface area contributed by atoms with Crippen molar-refractivity contribution in [3.05, 3.63) is 75.8 Å². The number of hydrogen-bond donors (Lipinski definition) is 1. The normalized spacial score (nSPS) is 12.0. The number of amides is 1. The van der Waals surface area contributed by atoms with Crippen molar-refractivity contribution in [3.8, 4) is 0 Å². The van der Waals surface area contributed by atoms with Gasteiger partial charge in [-0.2, -0.15) is 0 Å². The van der Waals surface area contributed by atoms with Gasteiger partial charge in [0.15, 0.2) is 5.13 Å². The Morgan fingerprint density at radius 2 is 1.90 bits per heavy atom. The lowest BCUT2D eigenvalue weighted by Crippen LogP contribution is -2.24. The summed E-state index contributed by atoms with van der Waals surface area (Å²) in [5, 5.41) is 7.02. The Labute approximate surface area is 181 Å². The number of benzene rings is 2. The quantitative estimate of drug-likeness (QED) is 0.459. The molecule has 0 saturated heterocycles. The Kier molecular flexibility index (Phi) is 7.42. The summed E-state index contributed by atoms with van der Waals surface area (Å²) in [5.41, 5.74) is 4.17. The molecule has 3 aromatic rings. The minimum Gasteiger partial charge on any atom is -0.304 e. The standard InChI is InChI=1S/C23H26ClN3OS/c1-4-17-8-6-7-9-22(17)27(16(3)28)23-26-20(15-29-23)14-25-21(5-2)18-10-12-19(24)13-11-18/h6-13,15,21,25H,4-5,14H2,1-3H3. The maximum absolute atomic E-state index is 12.4. The van der Waals surface area contributed by atoms with Gasteiger partial charge < -0.3 is 5.32 Å². The van der Waals surface area contributed by atoms with Gasteiger partial charge in [0.25, 0.3) is 0 Å². The summed E-state index contributed by atoms with van der Waals surface area (Å²) in [6.07, 6.45) is 1.82. The molecular weight excluding hydrogens is 402 g/mol. The van der Waals surface area contributed by atoms with E-state index >= 15 is 0 Å². The number of nitrogens with zero attached hydrogens (tertiary/aromatic N) is 2. The maximum atomic E-state index is 12.4. The Balaban J connectivity index is 1.76. The van der Waals surface area contributed by atoms with E-state index in [9.17, 15) is 4.79 Å². The summed E-state index contributed by atoms with van der Waals surface area (Å²) < 4.78 is 0. The molecule has 0 radical (unpaired) electrons. The van der Waals surface area contributed by atoms with Crippen LogP contribution < -0.4 is 10.2 Å². The van der Waals surface area contributed by atoms with Gasteiger partial charge in [-0.05, 0) is 42.2 Å². The van der Waals surface area contributed by atoms with Crippen molar-refractivity contribution in [2.45, 2.75) is 46.2 Å². The van der Waals surface area contributed by atoms with Crippen LogP contribution in [0.1, 0.15) is 50.1 Å². The lowest BCUT2D eigenvalue weighted by molar-refractivity contribution is -0.115. The summed E-state index contributed by atoms with van der Waals surface area (Å²) in [4.78, 5) is 18.9. The molecule has 29 heavy (non-hydrogen) atoms. The lowest BCUT2D eigenvalue weighted by atomic mass is 10.0. The summed E-state index contributed by atoms with van der Waals surface area (Å²) in [6.45, 7) is 6.46. The second-order valence-corrected chi connectivity index (χ2v) is 8.12. The van der Waals surface area contributed by atoms with E-state index < -0.39 is 0 Å². The summed E-state index contributed by atoms with van der Waals surface area (Å²) >= 11 is 7.49. The van der Waals surface area contributed by atoms with Gasteiger partial charge in [-0.15, -0.1) is 11.3 Å². The molecular formula is C23H26ClN3OS. The molecule has 152 valence electrons. The van der Waals surface area contributed by atoms with Crippen molar-refractivity contribution in [2.75, 3.05) is 4.90 Å². The van der Waals surface area contributed by atoms with Crippen LogP contribution in [-0.2, 0) is 17.8 Å². The fourth-order valence-corrected chi connectivity index (χ4v) is 4.34. The summed E-state index contributed by atoms with van der Waals surface area (Å²) in [6, 6.07) is 16.1. The molecule has 4 nitrogen and oxygen atoms in total. The van der Waals surface area contributed by atoms with E-state index in [1.54, 1.807) is 11.8 Å². The number of thiazole rings is 1. The van der Waals surface area contributed by atoms with Crippen molar-refractivity contribution in [3.63, 3.8) is 0 Å². The average Bonchev–Trinajstić information content (AvgIpc) is 3.18. The molecule has 0 aliphatic carbocycles. The highest BCUT2D eigenvalue weighted by molar-refractivity contribution is 7.14. The maximum Gasteiger partial charge on any atom is 0.230 e. The minimum atomic E-state index is -0.0349. The number of para-hydroxylation sites is 1. The first-order valence-electron chi connectivity index (χ1n) is 9.85. The topological polar surface area (TPSA) is 45.2 Å². The van der Waals surface area contributed by atoms with Crippen molar-refractivity contribution < 1.29 is 4.79 Å². The lowest BCUT2D eigenvalue weighted by Gasteiger charge is -2.21. The third kappa shape index (κ3) is 5.24. The molecule has 0 aliphatic rings. The number of aryl methyl sites for hydroxylation is 1. The number of carbonyl (C=O) groups excluding carboxylic acids is 1. The second-order valence-electron chi connectivity index (χ2n) is 6.85. The van der Waals surface area contributed by atoms with Crippen molar-refractivity contribution in [2.24, 2.45) is 0 Å². The predicted molar refractivity (Wildman–Crippen MR) is 122 cm³/mol. The Morgan fingerprint density at radius 3 is 2.55 bits per heavy atom. The van der Waals surface area contributed by atoms with Crippen LogP contribution >= 0.6 is 22.9 Å². The van der Waals surface area contributed by atoms with E-state index in [1.165, 1.54) is 16.9 Å². The van der Waals surface area contributed by atoms with E-state index in [1.807, 2.05) is 35.7 Å². The van der Waals surface area contributed by atoms with E-state index in [4.69, 9.17) is 16.6 Å². The van der Waals surface area contributed by atoms with Crippen LogP contribution in [-0.4, -0.2) is 10.9 Å². The van der Waals surface area contributed by atoms with Crippen LogP contribution in [0.2, 0.25) is 5.02 Å². The number of rotatable bonds is 8. The number of carbonyl (C=O) groups is 1.